The van der Waals surface area contributed by atoms with Gasteiger partial charge in [-0.15, -0.1) is 5.10 Å². The molecule has 0 bridgehead atoms. The van der Waals surface area contributed by atoms with Gasteiger partial charge in [0.05, 0.1) is 23.6 Å². The van der Waals surface area contributed by atoms with Crippen LogP contribution in [0.4, 0.5) is 0 Å². The summed E-state index contributed by atoms with van der Waals surface area (Å²) < 4.78 is 6.93. The highest BCUT2D eigenvalue weighted by Crippen LogP contribution is 2.23. The number of nitrogens with one attached hydrogen (secondary N) is 1. The number of hydrogen-bond acceptors (Lipinski definition) is 4. The molecule has 0 saturated carbocycles. The van der Waals surface area contributed by atoms with E-state index in [0.29, 0.717) is 12.2 Å². The van der Waals surface area contributed by atoms with Crippen LogP contribution in [0.3, 0.4) is 0 Å². The summed E-state index contributed by atoms with van der Waals surface area (Å²) in [5, 5.41) is 7.72. The van der Waals surface area contributed by atoms with Crippen LogP contribution in [-0.4, -0.2) is 20.7 Å². The van der Waals surface area contributed by atoms with E-state index in [0.717, 1.165) is 27.9 Å². The molecule has 5 rings (SSSR count). The van der Waals surface area contributed by atoms with Crippen LogP contribution in [-0.2, 0) is 6.42 Å². The number of amides is 1. The van der Waals surface area contributed by atoms with Gasteiger partial charge in [0.25, 0.3) is 5.91 Å². The summed E-state index contributed by atoms with van der Waals surface area (Å²) in [6.45, 7) is 2.03. The predicted octanol–water partition coefficient (Wildman–Crippen LogP) is 5.55. The van der Waals surface area contributed by atoms with Crippen LogP contribution in [0.5, 0.6) is 0 Å². The van der Waals surface area contributed by atoms with Gasteiger partial charge in [0.2, 0.25) is 5.82 Å². The molecule has 5 aromatic rings. The minimum absolute atomic E-state index is 0.103. The van der Waals surface area contributed by atoms with Crippen molar-refractivity contribution in [2.24, 2.45) is 0 Å². The highest BCUT2D eigenvalue weighted by atomic mass is 16.3. The molecule has 168 valence electrons. The summed E-state index contributed by atoms with van der Waals surface area (Å²) >= 11 is 0. The Morgan fingerprint density at radius 2 is 1.65 bits per heavy atom. The lowest BCUT2D eigenvalue weighted by atomic mass is 9.99. The molecule has 0 aliphatic carbocycles. The van der Waals surface area contributed by atoms with E-state index in [2.05, 4.69) is 27.5 Å². The van der Waals surface area contributed by atoms with Crippen molar-refractivity contribution in [1.82, 2.24) is 20.1 Å². The topological polar surface area (TPSA) is 73.0 Å². The Balaban J connectivity index is 1.48. The predicted molar refractivity (Wildman–Crippen MR) is 131 cm³/mol. The zero-order valence-corrected chi connectivity index (χ0v) is 18.8. The van der Waals surface area contributed by atoms with E-state index in [1.165, 1.54) is 0 Å². The lowest BCUT2D eigenvalue weighted by Gasteiger charge is -2.18. The molecule has 2 heterocycles. The molecule has 0 spiro atoms. The van der Waals surface area contributed by atoms with E-state index >= 15 is 0 Å². The number of carbonyl (C=O) groups is 1. The molecule has 1 unspecified atom stereocenters. The maximum absolute atomic E-state index is 13.4. The molecule has 3 aromatic carbocycles. The second-order valence-electron chi connectivity index (χ2n) is 8.14. The van der Waals surface area contributed by atoms with E-state index < -0.39 is 0 Å². The molecule has 0 aliphatic heterocycles. The van der Waals surface area contributed by atoms with Crippen LogP contribution in [0.1, 0.15) is 33.4 Å². The maximum Gasteiger partial charge on any atom is 0.291 e. The van der Waals surface area contributed by atoms with Gasteiger partial charge in [-0.2, -0.15) is 0 Å². The summed E-state index contributed by atoms with van der Waals surface area (Å²) in [6.07, 6.45) is 3.83. The van der Waals surface area contributed by atoms with Gasteiger partial charge in [0.15, 0.2) is 5.82 Å². The Hall–Kier alpha value is -4.45. The molecule has 0 saturated heterocycles. The highest BCUT2D eigenvalue weighted by molar-refractivity contribution is 5.91. The fourth-order valence-corrected chi connectivity index (χ4v) is 3.86. The number of benzene rings is 3. The Labute approximate surface area is 197 Å². The quantitative estimate of drug-likeness (QED) is 0.354. The zero-order chi connectivity index (χ0) is 23.3. The number of nitrogens with zero attached hydrogens (tertiary/aromatic N) is 3. The molecule has 6 heteroatoms. The second kappa shape index (κ2) is 9.58. The van der Waals surface area contributed by atoms with Crippen molar-refractivity contribution in [3.8, 4) is 17.1 Å². The van der Waals surface area contributed by atoms with E-state index in [9.17, 15) is 4.79 Å². The summed E-state index contributed by atoms with van der Waals surface area (Å²) in [5.41, 5.74) is 4.85. The Bertz CT molecular complexity index is 1360. The summed E-state index contributed by atoms with van der Waals surface area (Å²) in [7, 11) is 0. The molecule has 1 amide bonds. The largest absolute Gasteiger partial charge is 0.472 e. The minimum atomic E-state index is -0.333. The second-order valence-corrected chi connectivity index (χ2v) is 8.14. The van der Waals surface area contributed by atoms with E-state index in [1.54, 1.807) is 23.3 Å². The van der Waals surface area contributed by atoms with Gasteiger partial charge in [0.1, 0.15) is 6.26 Å². The molecule has 34 heavy (non-hydrogen) atoms. The van der Waals surface area contributed by atoms with Gasteiger partial charge >= 0.3 is 0 Å². The maximum atomic E-state index is 13.4. The molecule has 1 atom stereocenters. The molecule has 0 radical (unpaired) electrons. The Morgan fingerprint density at radius 3 is 2.32 bits per heavy atom. The van der Waals surface area contributed by atoms with Gasteiger partial charge in [-0.05, 0) is 42.7 Å². The molecular formula is C28H24N4O2. The number of carbonyl (C=O) groups excluding carboxylic acids is 1. The van der Waals surface area contributed by atoms with E-state index in [1.807, 2.05) is 79.7 Å². The van der Waals surface area contributed by atoms with Crippen LogP contribution < -0.4 is 5.32 Å². The number of hydrogen-bond donors (Lipinski definition) is 1. The average Bonchev–Trinajstić information content (AvgIpc) is 3.56. The molecule has 0 aliphatic rings. The van der Waals surface area contributed by atoms with Gasteiger partial charge in [-0.3, -0.25) is 4.79 Å². The van der Waals surface area contributed by atoms with Crippen LogP contribution in [0.25, 0.3) is 17.1 Å². The third-order valence-electron chi connectivity index (χ3n) is 5.66. The third-order valence-corrected chi connectivity index (χ3v) is 5.66. The molecular weight excluding hydrogens is 424 g/mol. The standard InChI is InChI=1S/C28H24N4O2/c1-20-12-14-24(15-13-20)32-27(23-16-17-34-19-23)30-26(31-32)28(33)29-25(22-10-6-3-7-11-22)18-21-8-4-2-5-9-21/h2-17,19,25H,18H2,1H3,(H,29,33). The first-order chi connectivity index (χ1) is 16.7. The lowest BCUT2D eigenvalue weighted by molar-refractivity contribution is 0.0926. The molecule has 2 aromatic heterocycles. The smallest absolute Gasteiger partial charge is 0.291 e. The lowest BCUT2D eigenvalue weighted by Crippen LogP contribution is -2.31. The van der Waals surface area contributed by atoms with Crippen molar-refractivity contribution in [2.45, 2.75) is 19.4 Å². The molecule has 6 nitrogen and oxygen atoms in total. The van der Waals surface area contributed by atoms with E-state index in [-0.39, 0.29) is 17.8 Å². The first-order valence-electron chi connectivity index (χ1n) is 11.1. The van der Waals surface area contributed by atoms with Crippen molar-refractivity contribution in [2.75, 3.05) is 0 Å². The summed E-state index contributed by atoms with van der Waals surface area (Å²) in [6, 6.07) is 29.5. The average molecular weight is 449 g/mol. The van der Waals surface area contributed by atoms with Crippen LogP contribution >= 0.6 is 0 Å². The van der Waals surface area contributed by atoms with Gasteiger partial charge in [-0.25, -0.2) is 9.67 Å². The molecule has 1 N–H and O–H groups in total. The number of rotatable bonds is 7. The summed E-state index contributed by atoms with van der Waals surface area (Å²) in [4.78, 5) is 18.0. The third kappa shape index (κ3) is 4.66. The Morgan fingerprint density at radius 1 is 0.941 bits per heavy atom. The van der Waals surface area contributed by atoms with Crippen LogP contribution in [0.2, 0.25) is 0 Å². The fraction of sp³-hybridized carbons (Fsp3) is 0.107. The first kappa shape index (κ1) is 21.4. The SMILES string of the molecule is Cc1ccc(-n2nc(C(=O)NC(Cc3ccccc3)c3ccccc3)nc2-c2ccoc2)cc1. The van der Waals surface area contributed by atoms with Gasteiger partial charge < -0.3 is 9.73 Å². The fourth-order valence-electron chi connectivity index (χ4n) is 3.86. The number of aromatic nitrogens is 3. The monoisotopic (exact) mass is 448 g/mol. The summed E-state index contributed by atoms with van der Waals surface area (Å²) in [5.74, 6) is 0.313. The normalized spacial score (nSPS) is 11.8. The first-order valence-corrected chi connectivity index (χ1v) is 11.1. The zero-order valence-electron chi connectivity index (χ0n) is 18.8. The van der Waals surface area contributed by atoms with Crippen molar-refractivity contribution in [3.63, 3.8) is 0 Å². The van der Waals surface area contributed by atoms with Crippen molar-refractivity contribution >= 4 is 5.91 Å². The minimum Gasteiger partial charge on any atom is -0.472 e. The highest BCUT2D eigenvalue weighted by Gasteiger charge is 2.23. The van der Waals surface area contributed by atoms with E-state index in [4.69, 9.17) is 4.42 Å². The van der Waals surface area contributed by atoms with Gasteiger partial charge in [-0.1, -0.05) is 78.4 Å². The van der Waals surface area contributed by atoms with Gasteiger partial charge in [0, 0.05) is 0 Å². The molecule has 0 fully saturated rings. The van der Waals surface area contributed by atoms with Crippen molar-refractivity contribution in [1.29, 1.82) is 0 Å². The number of furan rings is 1. The van der Waals surface area contributed by atoms with Crippen LogP contribution in [0, 0.1) is 6.92 Å². The van der Waals surface area contributed by atoms with Crippen molar-refractivity contribution < 1.29 is 9.21 Å². The van der Waals surface area contributed by atoms with Crippen LogP contribution in [0.15, 0.2) is 108 Å². The van der Waals surface area contributed by atoms with Crippen molar-refractivity contribution in [3.05, 3.63) is 126 Å². The number of aryl methyl sites for hydroxylation is 1. The Kier molecular flexibility index (Phi) is 6.03.